The van der Waals surface area contributed by atoms with E-state index in [1.807, 2.05) is 0 Å². The van der Waals surface area contributed by atoms with Gasteiger partial charge in [0.15, 0.2) is 0 Å². The second-order valence-corrected chi connectivity index (χ2v) is 21.9. The maximum Gasteiger partial charge on any atom is 0.0715 e. The van der Waals surface area contributed by atoms with Gasteiger partial charge in [-0.15, -0.1) is 0 Å². The first-order valence-corrected chi connectivity index (χ1v) is 28.5. The number of fused-ring (bicyclic) bond motifs is 3. The van der Waals surface area contributed by atoms with Crippen LogP contribution >= 0.6 is 0 Å². The third kappa shape index (κ3) is 11.5. The summed E-state index contributed by atoms with van der Waals surface area (Å²) in [7, 11) is 0. The number of unbranched alkanes of at least 4 members (excludes halogenated alkanes) is 9. The van der Waals surface area contributed by atoms with Gasteiger partial charge in [0, 0.05) is 34.1 Å². The van der Waals surface area contributed by atoms with Gasteiger partial charge in [-0.05, 0) is 196 Å². The number of anilines is 6. The zero-order valence-corrected chi connectivity index (χ0v) is 46.2. The van der Waals surface area contributed by atoms with Gasteiger partial charge in [0.25, 0.3) is 0 Å². The summed E-state index contributed by atoms with van der Waals surface area (Å²) in [6.07, 6.45) is 18.2. The van der Waals surface area contributed by atoms with Gasteiger partial charge in [0.2, 0.25) is 0 Å². The smallest absolute Gasteiger partial charge is 0.0715 e. The lowest BCUT2D eigenvalue weighted by Crippen LogP contribution is -2.30. The Kier molecular flexibility index (Phi) is 17.0. The minimum Gasteiger partial charge on any atom is -0.310 e. The van der Waals surface area contributed by atoms with Gasteiger partial charge in [-0.25, -0.2) is 0 Å². The van der Waals surface area contributed by atoms with Crippen LogP contribution < -0.4 is 9.80 Å². The van der Waals surface area contributed by atoms with Gasteiger partial charge >= 0.3 is 0 Å². The van der Waals surface area contributed by atoms with Crippen molar-refractivity contribution in [1.82, 2.24) is 0 Å². The standard InChI is InChI=1S/C72H82N2/c1-9-12-15-18-21-57-44-56(8)45-60(47-57)72(61-48-58(22-19-16-13-10-2)46-59(49-61)23-20-17-14-11-3)70-50-66(73(62-32-24-52(4)25-33-62)63-34-26-53(5)27-35-63)40-42-68(70)69-43-41-67(51-71(69)72)74(64-36-28-54(6)29-37-64)65-38-30-55(7)31-39-65/h24-51H,9-23H2,1-8H3. The topological polar surface area (TPSA) is 6.48 Å². The van der Waals surface area contributed by atoms with E-state index in [0.29, 0.717) is 0 Å². The average Bonchev–Trinajstić information content (AvgIpc) is 3.71. The maximum atomic E-state index is 2.65. The molecule has 0 fully saturated rings. The zero-order chi connectivity index (χ0) is 51.6. The molecule has 0 unspecified atom stereocenters. The van der Waals surface area contributed by atoms with E-state index in [2.05, 4.69) is 235 Å². The van der Waals surface area contributed by atoms with Crippen LogP contribution in [0, 0.1) is 34.6 Å². The highest BCUT2D eigenvalue weighted by atomic mass is 15.1. The quantitative estimate of drug-likeness (QED) is 0.0590. The van der Waals surface area contributed by atoms with Gasteiger partial charge < -0.3 is 9.80 Å². The summed E-state index contributed by atoms with van der Waals surface area (Å²) in [5.74, 6) is 0. The van der Waals surface area contributed by atoms with Crippen molar-refractivity contribution in [3.05, 3.63) is 237 Å². The Balaban J connectivity index is 1.38. The average molecular weight is 975 g/mol. The maximum absolute atomic E-state index is 2.65. The third-order valence-electron chi connectivity index (χ3n) is 15.8. The van der Waals surface area contributed by atoms with E-state index < -0.39 is 5.41 Å². The van der Waals surface area contributed by atoms with Crippen molar-refractivity contribution in [2.45, 2.75) is 157 Å². The van der Waals surface area contributed by atoms with Gasteiger partial charge in [-0.1, -0.05) is 203 Å². The molecule has 2 nitrogen and oxygen atoms in total. The molecule has 0 amide bonds. The van der Waals surface area contributed by atoms with Crippen LogP contribution in [0.25, 0.3) is 11.1 Å². The van der Waals surface area contributed by atoms with Crippen LogP contribution in [0.3, 0.4) is 0 Å². The number of hydrogen-bond donors (Lipinski definition) is 0. The van der Waals surface area contributed by atoms with E-state index in [1.54, 1.807) is 0 Å². The highest BCUT2D eigenvalue weighted by Crippen LogP contribution is 2.59. The summed E-state index contributed by atoms with van der Waals surface area (Å²) < 4.78 is 0. The highest BCUT2D eigenvalue weighted by Gasteiger charge is 2.47. The fourth-order valence-corrected chi connectivity index (χ4v) is 11.8. The van der Waals surface area contributed by atoms with Crippen LogP contribution in [0.4, 0.5) is 34.1 Å². The molecule has 0 atom stereocenters. The van der Waals surface area contributed by atoms with E-state index in [-0.39, 0.29) is 0 Å². The van der Waals surface area contributed by atoms with Crippen molar-refractivity contribution in [2.24, 2.45) is 0 Å². The van der Waals surface area contributed by atoms with Gasteiger partial charge in [0.05, 0.1) is 5.41 Å². The summed E-state index contributed by atoms with van der Waals surface area (Å²) >= 11 is 0. The number of rotatable bonds is 23. The Bertz CT molecular complexity index is 2840. The SMILES string of the molecule is CCCCCCc1cc(C)cc(C2(c3cc(CCCCCC)cc(CCCCCC)c3)c3cc(N(c4ccc(C)cc4)c4ccc(C)cc4)ccc3-c3ccc(N(c4ccc(C)cc4)c4ccc(C)cc4)cc32)c1. The summed E-state index contributed by atoms with van der Waals surface area (Å²) in [5.41, 5.74) is 25.1. The van der Waals surface area contributed by atoms with Crippen molar-refractivity contribution in [2.75, 3.05) is 9.80 Å². The minimum atomic E-state index is -0.642. The molecular weight excluding hydrogens is 893 g/mol. The normalized spacial score (nSPS) is 12.4. The van der Waals surface area contributed by atoms with Crippen LogP contribution in [-0.4, -0.2) is 0 Å². The van der Waals surface area contributed by atoms with Gasteiger partial charge in [-0.3, -0.25) is 0 Å². The number of nitrogens with zero attached hydrogens (tertiary/aromatic N) is 2. The van der Waals surface area contributed by atoms with Gasteiger partial charge in [-0.2, -0.15) is 0 Å². The minimum absolute atomic E-state index is 0.642. The third-order valence-corrected chi connectivity index (χ3v) is 15.8. The number of benzene rings is 8. The largest absolute Gasteiger partial charge is 0.310 e. The number of hydrogen-bond acceptors (Lipinski definition) is 2. The Hall–Kier alpha value is -6.64. The highest BCUT2D eigenvalue weighted by molar-refractivity contribution is 5.92. The molecule has 0 aromatic heterocycles. The summed E-state index contributed by atoms with van der Waals surface area (Å²) in [4.78, 5) is 4.96. The van der Waals surface area contributed by atoms with Crippen LogP contribution in [0.5, 0.6) is 0 Å². The molecule has 1 aliphatic carbocycles. The lowest BCUT2D eigenvalue weighted by Gasteiger charge is -2.37. The molecule has 2 heteroatoms. The van der Waals surface area contributed by atoms with E-state index in [4.69, 9.17) is 0 Å². The van der Waals surface area contributed by atoms with Gasteiger partial charge in [0.1, 0.15) is 0 Å². The molecule has 0 aliphatic heterocycles. The zero-order valence-electron chi connectivity index (χ0n) is 46.2. The van der Waals surface area contributed by atoms with Crippen LogP contribution in [0.1, 0.15) is 165 Å². The molecular formula is C72H82N2. The summed E-state index contributed by atoms with van der Waals surface area (Å²) in [5, 5.41) is 0. The molecule has 1 aliphatic rings. The van der Waals surface area contributed by atoms with Crippen molar-refractivity contribution in [3.63, 3.8) is 0 Å². The molecule has 0 bridgehead atoms. The Morgan fingerprint density at radius 3 is 0.932 bits per heavy atom. The van der Waals surface area contributed by atoms with Crippen LogP contribution in [-0.2, 0) is 24.7 Å². The molecule has 380 valence electrons. The van der Waals surface area contributed by atoms with Crippen molar-refractivity contribution in [1.29, 1.82) is 0 Å². The van der Waals surface area contributed by atoms with E-state index in [0.717, 1.165) is 53.4 Å². The first-order valence-electron chi connectivity index (χ1n) is 28.5. The molecule has 8 aromatic rings. The number of aryl methyl sites for hydroxylation is 8. The van der Waals surface area contributed by atoms with Crippen molar-refractivity contribution >= 4 is 34.1 Å². The van der Waals surface area contributed by atoms with E-state index >= 15 is 0 Å². The fourth-order valence-electron chi connectivity index (χ4n) is 11.8. The molecule has 0 radical (unpaired) electrons. The Labute approximate surface area is 446 Å². The van der Waals surface area contributed by atoms with Crippen molar-refractivity contribution in [3.8, 4) is 11.1 Å². The predicted octanol–water partition coefficient (Wildman–Crippen LogP) is 20.9. The molecule has 0 saturated carbocycles. The molecule has 0 heterocycles. The molecule has 0 spiro atoms. The predicted molar refractivity (Wildman–Crippen MR) is 320 cm³/mol. The molecule has 0 saturated heterocycles. The Morgan fingerprint density at radius 1 is 0.284 bits per heavy atom. The lowest BCUT2D eigenvalue weighted by atomic mass is 9.66. The monoisotopic (exact) mass is 975 g/mol. The summed E-state index contributed by atoms with van der Waals surface area (Å²) in [6, 6.07) is 66.8. The molecule has 9 rings (SSSR count). The molecule has 74 heavy (non-hydrogen) atoms. The van der Waals surface area contributed by atoms with Crippen LogP contribution in [0.2, 0.25) is 0 Å². The first-order chi connectivity index (χ1) is 36.1. The fraction of sp³-hybridized carbons (Fsp3) is 0.333. The Morgan fingerprint density at radius 2 is 0.595 bits per heavy atom. The second kappa shape index (κ2) is 24.1. The molecule has 8 aromatic carbocycles. The van der Waals surface area contributed by atoms with Crippen LogP contribution in [0.15, 0.2) is 170 Å². The summed E-state index contributed by atoms with van der Waals surface area (Å²) in [6.45, 7) is 18.1. The van der Waals surface area contributed by atoms with E-state index in [1.165, 1.54) is 155 Å². The van der Waals surface area contributed by atoms with E-state index in [9.17, 15) is 0 Å². The lowest BCUT2D eigenvalue weighted by molar-refractivity contribution is 0.658. The molecule has 0 N–H and O–H groups in total. The first kappa shape index (κ1) is 52.2. The van der Waals surface area contributed by atoms with Crippen molar-refractivity contribution < 1.29 is 0 Å². The second-order valence-electron chi connectivity index (χ2n) is 21.9.